The minimum Gasteiger partial charge on any atom is -0.308 e. The summed E-state index contributed by atoms with van der Waals surface area (Å²) in [6.45, 7) is 17.4. The van der Waals surface area contributed by atoms with Crippen molar-refractivity contribution < 1.29 is 9.59 Å². The molecule has 0 bridgehead atoms. The predicted molar refractivity (Wildman–Crippen MR) is 204 cm³/mol. The van der Waals surface area contributed by atoms with Gasteiger partial charge in [0.15, 0.2) is 5.69 Å². The monoisotopic (exact) mass is 660 g/mol. The van der Waals surface area contributed by atoms with Crippen molar-refractivity contribution in [3.05, 3.63) is 159 Å². The molecule has 0 saturated carbocycles. The van der Waals surface area contributed by atoms with Crippen LogP contribution in [0.2, 0.25) is 0 Å². The summed E-state index contributed by atoms with van der Waals surface area (Å²) in [7, 11) is 0. The van der Waals surface area contributed by atoms with E-state index in [1.54, 1.807) is 6.07 Å². The van der Waals surface area contributed by atoms with Crippen molar-refractivity contribution in [1.82, 2.24) is 4.57 Å². The summed E-state index contributed by atoms with van der Waals surface area (Å²) in [6, 6.07) is 35.8. The van der Waals surface area contributed by atoms with Crippen LogP contribution in [0.4, 0.5) is 11.4 Å². The average Bonchev–Trinajstić information content (AvgIpc) is 3.57. The van der Waals surface area contributed by atoms with E-state index in [2.05, 4.69) is 51.9 Å². The Bertz CT molecular complexity index is 2630. The van der Waals surface area contributed by atoms with E-state index in [0.29, 0.717) is 33.8 Å². The summed E-state index contributed by atoms with van der Waals surface area (Å²) >= 11 is 0. The number of aromatic nitrogens is 1. The normalized spacial score (nSPS) is 12.4. The largest absolute Gasteiger partial charge is 0.308 e. The molecule has 0 unspecified atom stereocenters. The summed E-state index contributed by atoms with van der Waals surface area (Å²) in [5, 5.41) is 11.4. The predicted octanol–water partition coefficient (Wildman–Crippen LogP) is 10.9. The second kappa shape index (κ2) is 11.7. The molecule has 6 aromatic carbocycles. The van der Waals surface area contributed by atoms with E-state index in [9.17, 15) is 14.9 Å². The van der Waals surface area contributed by atoms with Crippen LogP contribution in [0.1, 0.15) is 54.1 Å². The number of rotatable bonds is 4. The van der Waals surface area contributed by atoms with Crippen LogP contribution < -0.4 is 4.90 Å². The molecule has 6 nitrogen and oxygen atoms in total. The van der Waals surface area contributed by atoms with Crippen LogP contribution in [0.5, 0.6) is 0 Å². The van der Waals surface area contributed by atoms with Crippen molar-refractivity contribution in [1.29, 1.82) is 5.26 Å². The molecule has 1 aliphatic heterocycles. The Morgan fingerprint density at radius 3 is 1.80 bits per heavy atom. The Balaban J connectivity index is 1.39. The highest BCUT2D eigenvalue weighted by Gasteiger charge is 2.40. The van der Waals surface area contributed by atoms with Crippen LogP contribution in [0.3, 0.4) is 0 Å². The van der Waals surface area contributed by atoms with E-state index in [1.807, 2.05) is 95.3 Å². The van der Waals surface area contributed by atoms with E-state index in [1.165, 1.54) is 4.90 Å². The van der Waals surface area contributed by atoms with E-state index >= 15 is 0 Å². The quantitative estimate of drug-likeness (QED) is 0.139. The lowest BCUT2D eigenvalue weighted by Crippen LogP contribution is -2.31. The van der Waals surface area contributed by atoms with Crippen molar-refractivity contribution >= 4 is 45.0 Å². The third-order valence-electron chi connectivity index (χ3n) is 10.1. The number of imide groups is 1. The van der Waals surface area contributed by atoms with Gasteiger partial charge in [-0.25, -0.2) is 9.74 Å². The van der Waals surface area contributed by atoms with Gasteiger partial charge in [0.25, 0.3) is 11.8 Å². The summed E-state index contributed by atoms with van der Waals surface area (Å²) in [5.41, 5.74) is 13.9. The third kappa shape index (κ3) is 4.84. The number of aryl methyl sites for hydroxylation is 5. The van der Waals surface area contributed by atoms with Crippen LogP contribution in [-0.4, -0.2) is 16.4 Å². The van der Waals surface area contributed by atoms with E-state index < -0.39 is 0 Å². The van der Waals surface area contributed by atoms with Crippen LogP contribution in [0.25, 0.3) is 54.6 Å². The van der Waals surface area contributed by atoms with Gasteiger partial charge in [0.05, 0.1) is 51.7 Å². The maximum absolute atomic E-state index is 14.5. The summed E-state index contributed by atoms with van der Waals surface area (Å²) in [4.78, 5) is 33.5. The lowest BCUT2D eigenvalue weighted by atomic mass is 9.96. The van der Waals surface area contributed by atoms with Gasteiger partial charge in [-0.2, -0.15) is 5.26 Å². The highest BCUT2D eigenvalue weighted by Crippen LogP contribution is 2.42. The Hall–Kier alpha value is -6.76. The molecule has 244 valence electrons. The van der Waals surface area contributed by atoms with E-state index in [-0.39, 0.29) is 11.8 Å². The number of carbonyl (C=O) groups is 2. The molecule has 2 amide bonds. The topological polar surface area (TPSA) is 70.5 Å². The van der Waals surface area contributed by atoms with Gasteiger partial charge in [-0.1, -0.05) is 65.7 Å². The molecule has 1 aliphatic rings. The first-order valence-corrected chi connectivity index (χ1v) is 16.8. The molecular formula is C45H32N4O2. The van der Waals surface area contributed by atoms with Crippen molar-refractivity contribution in [3.8, 4) is 34.0 Å². The van der Waals surface area contributed by atoms with Crippen LogP contribution in [0.15, 0.2) is 103 Å². The first kappa shape index (κ1) is 31.5. The molecule has 2 heterocycles. The number of hydrogen-bond acceptors (Lipinski definition) is 3. The number of anilines is 1. The minimum absolute atomic E-state index is 0.327. The van der Waals surface area contributed by atoms with Gasteiger partial charge in [-0.15, -0.1) is 0 Å². The zero-order valence-corrected chi connectivity index (χ0v) is 28.9. The van der Waals surface area contributed by atoms with Gasteiger partial charge in [0, 0.05) is 10.8 Å². The summed E-state index contributed by atoms with van der Waals surface area (Å²) in [6.07, 6.45) is 0. The van der Waals surface area contributed by atoms with Gasteiger partial charge < -0.3 is 4.57 Å². The molecule has 1 aromatic heterocycles. The standard InChI is InChI=1S/C45H32N4O2/c1-25-18-28(4)43(29(5)19-25)49-44(50)36-8-7-9-41(42(36)45(49)51)48-39-16-11-31(34-14-10-30(24-46)20-26(34)2)22-37(39)38-23-32(12-17-40(38)48)35-15-13-33(47-6)21-27(35)3/h7-23H,1-5H3. The van der Waals surface area contributed by atoms with Crippen molar-refractivity contribution in [2.24, 2.45) is 0 Å². The summed E-state index contributed by atoms with van der Waals surface area (Å²) < 4.78 is 2.10. The molecule has 0 aliphatic carbocycles. The lowest BCUT2D eigenvalue weighted by molar-refractivity contribution is 0.0925. The SMILES string of the molecule is [C-]#[N+]c1ccc(-c2ccc3c(c2)c2cc(-c4ccc(C#N)cc4C)ccc2n3-c2cccc3c2C(=O)N(c2c(C)cc(C)cc2C)C3=O)c(C)c1. The number of benzene rings is 6. The second-order valence-corrected chi connectivity index (χ2v) is 13.4. The molecule has 0 fully saturated rings. The number of nitrogens with zero attached hydrogens (tertiary/aromatic N) is 4. The smallest absolute Gasteiger partial charge is 0.268 e. The van der Waals surface area contributed by atoms with Gasteiger partial charge in [0.2, 0.25) is 0 Å². The van der Waals surface area contributed by atoms with Gasteiger partial charge in [-0.3, -0.25) is 9.59 Å². The number of fused-ring (bicyclic) bond motifs is 4. The fourth-order valence-corrected chi connectivity index (χ4v) is 7.90. The Morgan fingerprint density at radius 2 is 1.24 bits per heavy atom. The molecule has 0 N–H and O–H groups in total. The van der Waals surface area contributed by atoms with Gasteiger partial charge in [0.1, 0.15) is 0 Å². The van der Waals surface area contributed by atoms with Crippen LogP contribution >= 0.6 is 0 Å². The number of carbonyl (C=O) groups excluding carboxylic acids is 2. The van der Waals surface area contributed by atoms with Crippen molar-refractivity contribution in [2.75, 3.05) is 4.90 Å². The summed E-state index contributed by atoms with van der Waals surface area (Å²) in [5.74, 6) is -0.667. The zero-order chi connectivity index (χ0) is 35.7. The maximum atomic E-state index is 14.5. The molecule has 0 spiro atoms. The minimum atomic E-state index is -0.340. The number of amides is 2. The third-order valence-corrected chi connectivity index (χ3v) is 10.1. The molecule has 8 rings (SSSR count). The molecule has 51 heavy (non-hydrogen) atoms. The van der Waals surface area contributed by atoms with Gasteiger partial charge >= 0.3 is 0 Å². The zero-order valence-electron chi connectivity index (χ0n) is 28.9. The molecule has 0 radical (unpaired) electrons. The molecule has 7 aromatic rings. The van der Waals surface area contributed by atoms with Crippen LogP contribution in [-0.2, 0) is 0 Å². The Labute approximate surface area is 296 Å². The first-order valence-electron chi connectivity index (χ1n) is 16.8. The highest BCUT2D eigenvalue weighted by atomic mass is 16.2. The van der Waals surface area contributed by atoms with E-state index in [0.717, 1.165) is 71.9 Å². The van der Waals surface area contributed by atoms with Crippen LogP contribution in [0, 0.1) is 52.5 Å². The maximum Gasteiger partial charge on any atom is 0.268 e. The first-order chi connectivity index (χ1) is 24.6. The highest BCUT2D eigenvalue weighted by molar-refractivity contribution is 6.36. The Kier molecular flexibility index (Phi) is 7.22. The van der Waals surface area contributed by atoms with E-state index in [4.69, 9.17) is 6.57 Å². The van der Waals surface area contributed by atoms with Crippen molar-refractivity contribution in [3.63, 3.8) is 0 Å². The second-order valence-electron chi connectivity index (χ2n) is 13.4. The fourth-order valence-electron chi connectivity index (χ4n) is 7.90. The Morgan fingerprint density at radius 1 is 0.627 bits per heavy atom. The molecule has 0 saturated heterocycles. The van der Waals surface area contributed by atoms with Crippen molar-refractivity contribution in [2.45, 2.75) is 34.6 Å². The van der Waals surface area contributed by atoms with Gasteiger partial charge in [-0.05, 0) is 122 Å². The number of nitriles is 1. The average molecular weight is 661 g/mol. The fraction of sp³-hybridized carbons (Fsp3) is 0.111. The molecule has 0 atom stereocenters. The lowest BCUT2D eigenvalue weighted by Gasteiger charge is -2.20. The molecular weight excluding hydrogens is 629 g/mol. The number of hydrogen-bond donors (Lipinski definition) is 0. The molecule has 6 heteroatoms.